The van der Waals surface area contributed by atoms with Crippen molar-refractivity contribution in [1.82, 2.24) is 5.32 Å². The lowest BCUT2D eigenvalue weighted by Gasteiger charge is -2.22. The minimum absolute atomic E-state index is 0.0172. The Morgan fingerprint density at radius 2 is 0.526 bits per heavy atom. The SMILES string of the molecule is CCCCC/C=C\C/C=C\CCCCCCCCCCCC(=O)OCCCCCCCCCCCCCCCCC/C=C\C/C=C\CCCCCCCCCCCCCCCCCCCC(=O)NC(CO)C(O)CCCCCCCCCCCCCCCCCCCCCC. The summed E-state index contributed by atoms with van der Waals surface area (Å²) in [6, 6.07) is -0.541. The van der Waals surface area contributed by atoms with Crippen LogP contribution in [0.5, 0.6) is 0 Å². The van der Waals surface area contributed by atoms with Crippen LogP contribution in [0.25, 0.3) is 0 Å². The number of unbranched alkanes of at least 4 members (excludes halogenated alkanes) is 63. The van der Waals surface area contributed by atoms with E-state index in [9.17, 15) is 19.8 Å². The molecule has 0 saturated heterocycles. The standard InChI is InChI=1S/C89H169NO5/c1-3-5-7-9-11-13-15-17-19-21-23-46-49-53-57-61-65-69-73-77-81-87(92)86(85-91)90-88(93)82-78-74-70-66-62-58-54-50-47-43-41-39-37-35-33-31-29-27-25-24-26-28-30-32-34-36-38-40-42-44-48-52-56-60-64-68-72-76-80-84-95-89(94)83-79-75-71-67-63-59-55-51-45-22-20-18-16-14-12-10-8-6-4-2/h12,14,18,20,24-25,28,30,86-87,91-92H,3-11,13,15-17,19,21-23,26-27,29,31-85H2,1-2H3,(H,90,93)/b14-12-,20-18-,25-24-,30-28-. The highest BCUT2D eigenvalue weighted by molar-refractivity contribution is 5.76. The Labute approximate surface area is 595 Å². The first-order chi connectivity index (χ1) is 47.0. The van der Waals surface area contributed by atoms with Gasteiger partial charge in [0, 0.05) is 12.8 Å². The van der Waals surface area contributed by atoms with Crippen LogP contribution in [-0.4, -0.2) is 47.4 Å². The molecule has 0 heterocycles. The predicted molar refractivity (Wildman–Crippen MR) is 421 cm³/mol. The summed E-state index contributed by atoms with van der Waals surface area (Å²) in [5, 5.41) is 23.5. The van der Waals surface area contributed by atoms with Crippen LogP contribution in [0, 0.1) is 0 Å². The third-order valence-electron chi connectivity index (χ3n) is 20.4. The monoisotopic (exact) mass is 1330 g/mol. The first-order valence-corrected chi connectivity index (χ1v) is 43.4. The number of nitrogens with one attached hydrogen (secondary N) is 1. The molecule has 0 saturated carbocycles. The summed E-state index contributed by atoms with van der Waals surface area (Å²) in [4.78, 5) is 24.7. The number of amides is 1. The van der Waals surface area contributed by atoms with Crippen molar-refractivity contribution in [2.45, 2.75) is 495 Å². The molecule has 0 radical (unpaired) electrons. The maximum absolute atomic E-state index is 12.6. The third-order valence-corrected chi connectivity index (χ3v) is 20.4. The Morgan fingerprint density at radius 3 is 0.821 bits per heavy atom. The summed E-state index contributed by atoms with van der Waals surface area (Å²) in [6.45, 7) is 4.98. The van der Waals surface area contributed by atoms with Crippen LogP contribution in [0.4, 0.5) is 0 Å². The molecule has 95 heavy (non-hydrogen) atoms. The minimum atomic E-state index is -0.664. The largest absolute Gasteiger partial charge is 0.466 e. The maximum Gasteiger partial charge on any atom is 0.305 e. The average Bonchev–Trinajstić information content (AvgIpc) is 2.96. The van der Waals surface area contributed by atoms with E-state index in [1.54, 1.807) is 0 Å². The number of esters is 1. The summed E-state index contributed by atoms with van der Waals surface area (Å²) in [6.07, 6.45) is 112. The van der Waals surface area contributed by atoms with E-state index in [0.717, 1.165) is 57.8 Å². The van der Waals surface area contributed by atoms with Crippen molar-refractivity contribution in [2.75, 3.05) is 13.2 Å². The van der Waals surface area contributed by atoms with Gasteiger partial charge in [0.2, 0.25) is 5.91 Å². The van der Waals surface area contributed by atoms with E-state index in [1.807, 2.05) is 0 Å². The van der Waals surface area contributed by atoms with Crippen LogP contribution >= 0.6 is 0 Å². The molecule has 0 aliphatic rings. The number of rotatable bonds is 82. The Morgan fingerprint density at radius 1 is 0.295 bits per heavy atom. The molecule has 0 aromatic heterocycles. The van der Waals surface area contributed by atoms with Gasteiger partial charge in [-0.25, -0.2) is 0 Å². The molecule has 6 heteroatoms. The highest BCUT2D eigenvalue weighted by Crippen LogP contribution is 2.20. The van der Waals surface area contributed by atoms with E-state index < -0.39 is 12.1 Å². The third kappa shape index (κ3) is 80.7. The van der Waals surface area contributed by atoms with Crippen LogP contribution < -0.4 is 5.32 Å². The van der Waals surface area contributed by atoms with Gasteiger partial charge in [0.15, 0.2) is 0 Å². The summed E-state index contributed by atoms with van der Waals surface area (Å²) in [7, 11) is 0. The molecule has 0 bridgehead atoms. The fraction of sp³-hybridized carbons (Fsp3) is 0.888. The molecule has 0 aliphatic heterocycles. The molecule has 560 valence electrons. The molecule has 6 nitrogen and oxygen atoms in total. The highest BCUT2D eigenvalue weighted by Gasteiger charge is 2.20. The van der Waals surface area contributed by atoms with Gasteiger partial charge in [-0.05, 0) is 89.9 Å². The highest BCUT2D eigenvalue weighted by atomic mass is 16.5. The molecule has 0 rings (SSSR count). The van der Waals surface area contributed by atoms with E-state index in [4.69, 9.17) is 4.74 Å². The molecule has 0 fully saturated rings. The molecule has 1 amide bonds. The number of aliphatic hydroxyl groups is 2. The number of hydrogen-bond acceptors (Lipinski definition) is 5. The predicted octanol–water partition coefficient (Wildman–Crippen LogP) is 29.1. The molecule has 0 aliphatic carbocycles. The van der Waals surface area contributed by atoms with Crippen molar-refractivity contribution < 1.29 is 24.5 Å². The summed E-state index contributed by atoms with van der Waals surface area (Å²) in [5.41, 5.74) is 0. The van der Waals surface area contributed by atoms with E-state index in [0.29, 0.717) is 25.9 Å². The Kier molecular flexibility index (Phi) is 82.3. The van der Waals surface area contributed by atoms with Crippen molar-refractivity contribution in [2.24, 2.45) is 0 Å². The second kappa shape index (κ2) is 84.2. The van der Waals surface area contributed by atoms with Gasteiger partial charge in [-0.15, -0.1) is 0 Å². The van der Waals surface area contributed by atoms with Gasteiger partial charge in [-0.2, -0.15) is 0 Å². The molecule has 2 atom stereocenters. The summed E-state index contributed by atoms with van der Waals surface area (Å²) < 4.78 is 5.52. The van der Waals surface area contributed by atoms with Gasteiger partial charge in [-0.3, -0.25) is 9.59 Å². The van der Waals surface area contributed by atoms with Crippen molar-refractivity contribution in [1.29, 1.82) is 0 Å². The van der Waals surface area contributed by atoms with Gasteiger partial charge in [-0.1, -0.05) is 428 Å². The zero-order valence-corrected chi connectivity index (χ0v) is 64.4. The van der Waals surface area contributed by atoms with Gasteiger partial charge in [0.05, 0.1) is 25.4 Å². The Bertz CT molecular complexity index is 1590. The van der Waals surface area contributed by atoms with Crippen LogP contribution in [0.2, 0.25) is 0 Å². The fourth-order valence-corrected chi connectivity index (χ4v) is 13.8. The van der Waals surface area contributed by atoms with E-state index in [-0.39, 0.29) is 18.5 Å². The summed E-state index contributed by atoms with van der Waals surface area (Å²) in [5.74, 6) is -0.00969. The molecule has 2 unspecified atom stereocenters. The van der Waals surface area contributed by atoms with E-state index >= 15 is 0 Å². The smallest absolute Gasteiger partial charge is 0.305 e. The number of aliphatic hydroxyl groups excluding tert-OH is 2. The summed E-state index contributed by atoms with van der Waals surface area (Å²) >= 11 is 0. The molecule has 0 spiro atoms. The van der Waals surface area contributed by atoms with Crippen LogP contribution in [0.3, 0.4) is 0 Å². The van der Waals surface area contributed by atoms with E-state index in [1.165, 1.54) is 392 Å². The van der Waals surface area contributed by atoms with Crippen LogP contribution in [-0.2, 0) is 14.3 Å². The fourth-order valence-electron chi connectivity index (χ4n) is 13.8. The first-order valence-electron chi connectivity index (χ1n) is 43.4. The van der Waals surface area contributed by atoms with Crippen molar-refractivity contribution >= 4 is 11.9 Å². The quantitative estimate of drug-likeness (QED) is 0.0320. The average molecular weight is 1330 g/mol. The van der Waals surface area contributed by atoms with Gasteiger partial charge in [0.1, 0.15) is 0 Å². The number of hydrogen-bond donors (Lipinski definition) is 3. The molecule has 0 aromatic rings. The van der Waals surface area contributed by atoms with Gasteiger partial charge >= 0.3 is 5.97 Å². The zero-order chi connectivity index (χ0) is 68.4. The van der Waals surface area contributed by atoms with E-state index in [2.05, 4.69) is 67.8 Å². The van der Waals surface area contributed by atoms with Crippen molar-refractivity contribution in [3.8, 4) is 0 Å². The molecule has 3 N–H and O–H groups in total. The number of ether oxygens (including phenoxy) is 1. The lowest BCUT2D eigenvalue weighted by molar-refractivity contribution is -0.143. The molecular weight excluding hydrogens is 1160 g/mol. The normalized spacial score (nSPS) is 12.7. The first kappa shape index (κ1) is 92.8. The van der Waals surface area contributed by atoms with Crippen LogP contribution in [0.15, 0.2) is 48.6 Å². The second-order valence-electron chi connectivity index (χ2n) is 29.9. The Balaban J connectivity index is 3.35. The van der Waals surface area contributed by atoms with Gasteiger partial charge < -0.3 is 20.3 Å². The minimum Gasteiger partial charge on any atom is -0.466 e. The topological polar surface area (TPSA) is 95.9 Å². The lowest BCUT2D eigenvalue weighted by Crippen LogP contribution is -2.45. The Hall–Kier alpha value is -2.18. The second-order valence-corrected chi connectivity index (χ2v) is 29.9. The van der Waals surface area contributed by atoms with Crippen molar-refractivity contribution in [3.05, 3.63) is 48.6 Å². The molecule has 0 aromatic carbocycles. The number of carbonyl (C=O) groups excluding carboxylic acids is 2. The number of carbonyl (C=O) groups is 2. The maximum atomic E-state index is 12.6. The van der Waals surface area contributed by atoms with Gasteiger partial charge in [0.25, 0.3) is 0 Å². The zero-order valence-electron chi connectivity index (χ0n) is 64.4. The molecular formula is C89H169NO5. The van der Waals surface area contributed by atoms with Crippen molar-refractivity contribution in [3.63, 3.8) is 0 Å². The van der Waals surface area contributed by atoms with Crippen LogP contribution in [0.1, 0.15) is 483 Å². The lowest BCUT2D eigenvalue weighted by atomic mass is 10.0. The number of allylic oxidation sites excluding steroid dienone is 8.